The number of benzene rings is 2. The Bertz CT molecular complexity index is 1510. The van der Waals surface area contributed by atoms with Crippen LogP contribution in [0.4, 0.5) is 14.5 Å². The summed E-state index contributed by atoms with van der Waals surface area (Å²) in [5.41, 5.74) is 3.10. The van der Waals surface area contributed by atoms with Crippen LogP contribution in [0.5, 0.6) is 5.75 Å². The Labute approximate surface area is 205 Å². The van der Waals surface area contributed by atoms with E-state index in [2.05, 4.69) is 9.97 Å². The summed E-state index contributed by atoms with van der Waals surface area (Å²) in [5, 5.41) is 10.2. The summed E-state index contributed by atoms with van der Waals surface area (Å²) in [6.45, 7) is 1.72. The Morgan fingerprint density at radius 2 is 1.89 bits per heavy atom. The number of nitrogens with zero attached hydrogens (tertiary/aromatic N) is 5. The Morgan fingerprint density at radius 1 is 1.14 bits per heavy atom. The van der Waals surface area contributed by atoms with Gasteiger partial charge in [0.2, 0.25) is 5.91 Å². The minimum absolute atomic E-state index is 0.0543. The summed E-state index contributed by atoms with van der Waals surface area (Å²) in [7, 11) is 0. The van der Waals surface area contributed by atoms with Crippen LogP contribution in [0.2, 0.25) is 0 Å². The third kappa shape index (κ3) is 3.35. The third-order valence-corrected chi connectivity index (χ3v) is 6.81. The third-order valence-electron chi connectivity index (χ3n) is 6.81. The molecule has 2 bridgehead atoms. The molecule has 2 aromatic carbocycles. The lowest BCUT2D eigenvalue weighted by molar-refractivity contribution is -0.117. The van der Waals surface area contributed by atoms with Crippen LogP contribution in [0.1, 0.15) is 56.5 Å². The fourth-order valence-corrected chi connectivity index (χ4v) is 5.37. The molecule has 0 saturated carbocycles. The molecule has 0 spiro atoms. The van der Waals surface area contributed by atoms with Gasteiger partial charge >= 0.3 is 6.61 Å². The maximum Gasteiger partial charge on any atom is 0.387 e. The van der Waals surface area contributed by atoms with Crippen LogP contribution >= 0.6 is 0 Å². The van der Waals surface area contributed by atoms with Gasteiger partial charge in [-0.3, -0.25) is 4.79 Å². The van der Waals surface area contributed by atoms with E-state index in [-0.39, 0.29) is 23.7 Å². The fourth-order valence-electron chi connectivity index (χ4n) is 5.37. The van der Waals surface area contributed by atoms with E-state index in [1.165, 1.54) is 13.0 Å². The highest BCUT2D eigenvalue weighted by Gasteiger charge is 2.47. The second-order valence-corrected chi connectivity index (χ2v) is 9.62. The van der Waals surface area contributed by atoms with E-state index in [9.17, 15) is 18.7 Å². The molecule has 2 atom stereocenters. The number of rotatable bonds is 4. The predicted molar refractivity (Wildman–Crippen MR) is 128 cm³/mol. The lowest BCUT2D eigenvalue weighted by Crippen LogP contribution is -2.35. The quantitative estimate of drug-likeness (QED) is 0.444. The molecule has 184 valence electrons. The van der Waals surface area contributed by atoms with Crippen molar-refractivity contribution in [3.8, 4) is 16.9 Å². The SMILES string of the molecule is CC(=O)N1c2cccc(OC(F)F)c2[C@H]2C[C@@H]1c1nc3ccc(-c4cnc(C(C)(C)O)nc4)cc3n12. The van der Waals surface area contributed by atoms with Gasteiger partial charge in [0.25, 0.3) is 0 Å². The van der Waals surface area contributed by atoms with Gasteiger partial charge in [-0.2, -0.15) is 8.78 Å². The first kappa shape index (κ1) is 22.5. The Hall–Kier alpha value is -3.92. The standard InChI is InChI=1S/C26H23F2N5O3/c1-13(34)32-17-5-4-6-21(36-25(27)28)22(17)19-10-20(32)23-31-16-8-7-14(9-18(16)33(19)23)15-11-29-24(30-12-15)26(2,3)35/h4-9,11-12,19-20,25,35H,10H2,1-3H3/t19-,20-/m1/s1. The van der Waals surface area contributed by atoms with Gasteiger partial charge in [0, 0.05) is 36.9 Å². The van der Waals surface area contributed by atoms with Gasteiger partial charge in [-0.1, -0.05) is 12.1 Å². The van der Waals surface area contributed by atoms with Crippen LogP contribution in [0.3, 0.4) is 0 Å². The van der Waals surface area contributed by atoms with Crippen molar-refractivity contribution in [1.29, 1.82) is 0 Å². The second kappa shape index (κ2) is 7.79. The Balaban J connectivity index is 1.52. The van der Waals surface area contributed by atoms with Crippen molar-refractivity contribution in [3.63, 3.8) is 0 Å². The van der Waals surface area contributed by atoms with Crippen molar-refractivity contribution in [1.82, 2.24) is 19.5 Å². The predicted octanol–water partition coefficient (Wildman–Crippen LogP) is 4.72. The summed E-state index contributed by atoms with van der Waals surface area (Å²) >= 11 is 0. The highest BCUT2D eigenvalue weighted by Crippen LogP contribution is 2.55. The number of anilines is 1. The Morgan fingerprint density at radius 3 is 2.56 bits per heavy atom. The molecule has 1 amide bonds. The number of fused-ring (bicyclic) bond motifs is 9. The molecular formula is C26H23F2N5O3. The number of aromatic nitrogens is 4. The highest BCUT2D eigenvalue weighted by atomic mass is 19.3. The first-order valence-electron chi connectivity index (χ1n) is 11.6. The van der Waals surface area contributed by atoms with E-state index in [1.807, 2.05) is 22.8 Å². The fraction of sp³-hybridized carbons (Fsp3) is 0.308. The normalized spacial score (nSPS) is 18.5. The molecule has 4 heterocycles. The number of halogens is 2. The number of aliphatic hydroxyl groups is 1. The molecule has 0 aliphatic carbocycles. The largest absolute Gasteiger partial charge is 0.434 e. The number of carbonyl (C=O) groups excluding carboxylic acids is 1. The average Bonchev–Trinajstić information content (AvgIpc) is 3.34. The first-order valence-corrected chi connectivity index (χ1v) is 11.6. The molecule has 0 fully saturated rings. The van der Waals surface area contributed by atoms with E-state index in [4.69, 9.17) is 9.72 Å². The number of carbonyl (C=O) groups is 1. The number of imidazole rings is 1. The van der Waals surface area contributed by atoms with Crippen molar-refractivity contribution < 1.29 is 23.4 Å². The molecule has 36 heavy (non-hydrogen) atoms. The maximum absolute atomic E-state index is 13.3. The highest BCUT2D eigenvalue weighted by molar-refractivity contribution is 5.95. The van der Waals surface area contributed by atoms with E-state index in [0.717, 1.165) is 22.2 Å². The van der Waals surface area contributed by atoms with Crippen molar-refractivity contribution in [2.24, 2.45) is 0 Å². The molecule has 6 rings (SSSR count). The number of alkyl halides is 2. The van der Waals surface area contributed by atoms with Crippen LogP contribution in [0, 0.1) is 0 Å². The molecule has 10 heteroatoms. The van der Waals surface area contributed by atoms with Crippen molar-refractivity contribution >= 4 is 22.6 Å². The zero-order valence-corrected chi connectivity index (χ0v) is 19.8. The zero-order chi connectivity index (χ0) is 25.4. The van der Waals surface area contributed by atoms with Gasteiger partial charge in [0.05, 0.1) is 28.8 Å². The first-order chi connectivity index (χ1) is 17.1. The van der Waals surface area contributed by atoms with Crippen LogP contribution in [-0.4, -0.2) is 37.1 Å². The van der Waals surface area contributed by atoms with E-state index >= 15 is 0 Å². The number of hydrogen-bond acceptors (Lipinski definition) is 6. The van der Waals surface area contributed by atoms with Crippen molar-refractivity contribution in [2.75, 3.05) is 4.90 Å². The Kier molecular flexibility index (Phi) is 4.88. The van der Waals surface area contributed by atoms with Crippen molar-refractivity contribution in [3.05, 3.63) is 66.0 Å². The van der Waals surface area contributed by atoms with Crippen molar-refractivity contribution in [2.45, 2.75) is 51.5 Å². The average molecular weight is 491 g/mol. The monoisotopic (exact) mass is 491 g/mol. The molecule has 2 aliphatic rings. The summed E-state index contributed by atoms with van der Waals surface area (Å²) in [6.07, 6.45) is 3.83. The van der Waals surface area contributed by atoms with Crippen LogP contribution < -0.4 is 9.64 Å². The molecule has 0 radical (unpaired) electrons. The van der Waals surface area contributed by atoms with Gasteiger partial charge in [0.1, 0.15) is 17.2 Å². The molecule has 8 nitrogen and oxygen atoms in total. The maximum atomic E-state index is 13.3. The van der Waals surface area contributed by atoms with Crippen LogP contribution in [0.15, 0.2) is 48.8 Å². The molecule has 2 aliphatic heterocycles. The van der Waals surface area contributed by atoms with Crippen LogP contribution in [0.25, 0.3) is 22.2 Å². The summed E-state index contributed by atoms with van der Waals surface area (Å²) in [4.78, 5) is 27.8. The number of ether oxygens (including phenoxy) is 1. The second-order valence-electron chi connectivity index (χ2n) is 9.62. The molecule has 0 unspecified atom stereocenters. The molecule has 2 aromatic heterocycles. The topological polar surface area (TPSA) is 93.4 Å². The van der Waals surface area contributed by atoms with Gasteiger partial charge in [0.15, 0.2) is 5.82 Å². The van der Waals surface area contributed by atoms with Gasteiger partial charge < -0.3 is 19.3 Å². The van der Waals surface area contributed by atoms with E-state index in [1.54, 1.807) is 43.3 Å². The van der Waals surface area contributed by atoms with E-state index < -0.39 is 12.2 Å². The molecular weight excluding hydrogens is 468 g/mol. The van der Waals surface area contributed by atoms with E-state index in [0.29, 0.717) is 29.3 Å². The molecule has 4 aromatic rings. The lowest BCUT2D eigenvalue weighted by Gasteiger charge is -2.34. The minimum Gasteiger partial charge on any atom is -0.434 e. The minimum atomic E-state index is -2.99. The van der Waals surface area contributed by atoms with Crippen LogP contribution in [-0.2, 0) is 10.4 Å². The summed E-state index contributed by atoms with van der Waals surface area (Å²) in [5.74, 6) is 0.881. The molecule has 1 N–H and O–H groups in total. The van der Waals surface area contributed by atoms with Gasteiger partial charge in [-0.05, 0) is 43.7 Å². The molecule has 0 saturated heterocycles. The summed E-state index contributed by atoms with van der Waals surface area (Å²) in [6, 6.07) is 10.0. The zero-order valence-electron chi connectivity index (χ0n) is 19.8. The number of hydrogen-bond donors (Lipinski definition) is 1. The summed E-state index contributed by atoms with van der Waals surface area (Å²) < 4.78 is 33.4. The van der Waals surface area contributed by atoms with Gasteiger partial charge in [-0.25, -0.2) is 15.0 Å². The van der Waals surface area contributed by atoms with Gasteiger partial charge in [-0.15, -0.1) is 0 Å². The smallest absolute Gasteiger partial charge is 0.387 e. The number of amides is 1. The lowest BCUT2D eigenvalue weighted by atomic mass is 9.93.